The number of carbonyl (C=O) groups is 1. The van der Waals surface area contributed by atoms with Crippen molar-refractivity contribution in [2.24, 2.45) is 12.9 Å². The van der Waals surface area contributed by atoms with Gasteiger partial charge in [-0.25, -0.2) is 23.2 Å². The number of halogens is 2. The molecular weight excluding hydrogens is 418 g/mol. The van der Waals surface area contributed by atoms with Crippen molar-refractivity contribution in [3.63, 3.8) is 0 Å². The monoisotopic (exact) mass is 443 g/mol. The first-order valence-corrected chi connectivity index (χ1v) is 10.6. The number of likely N-dealkylation sites (tertiary alicyclic amines) is 1. The number of carbonyl (C=O) groups excluding carboxylic acids is 1. The number of hydrogen-bond donors (Lipinski definition) is 0. The number of aromatic nitrogens is 4. The summed E-state index contributed by atoms with van der Waals surface area (Å²) in [7, 11) is 0. The molecule has 6 rings (SSSR count). The molecule has 3 aliphatic rings. The zero-order chi connectivity index (χ0) is 24.7. The van der Waals surface area contributed by atoms with E-state index in [2.05, 4.69) is 10.1 Å². The van der Waals surface area contributed by atoms with Crippen molar-refractivity contribution < 1.29 is 17.7 Å². The molecule has 2 atom stereocenters. The van der Waals surface area contributed by atoms with Crippen LogP contribution in [0.1, 0.15) is 45.2 Å². The van der Waals surface area contributed by atoms with Crippen LogP contribution in [0.15, 0.2) is 35.4 Å². The van der Waals surface area contributed by atoms with Gasteiger partial charge in [-0.3, -0.25) is 9.20 Å². The van der Waals surface area contributed by atoms with Gasteiger partial charge in [-0.15, -0.1) is 0 Å². The fourth-order valence-electron chi connectivity index (χ4n) is 4.82. The molecule has 0 spiro atoms. The third-order valence-corrected chi connectivity index (χ3v) is 6.74. The Morgan fingerprint density at radius 2 is 2.09 bits per heavy atom. The topological polar surface area (TPSA) is 75.7 Å². The lowest BCUT2D eigenvalue weighted by molar-refractivity contribution is -0.0494. The molecule has 0 bridgehead atoms. The summed E-state index contributed by atoms with van der Waals surface area (Å²) in [4.78, 5) is 33.4. The zero-order valence-corrected chi connectivity index (χ0v) is 17.0. The van der Waals surface area contributed by atoms with E-state index in [1.54, 1.807) is 12.1 Å². The number of piperidine rings is 1. The van der Waals surface area contributed by atoms with Crippen LogP contribution >= 0.6 is 0 Å². The van der Waals surface area contributed by atoms with E-state index in [9.17, 15) is 18.4 Å². The van der Waals surface area contributed by atoms with Gasteiger partial charge in [0.1, 0.15) is 5.82 Å². The van der Waals surface area contributed by atoms with Crippen LogP contribution in [0.2, 0.25) is 0 Å². The first-order chi connectivity index (χ1) is 16.5. The molecule has 1 saturated heterocycles. The van der Waals surface area contributed by atoms with E-state index in [1.165, 1.54) is 21.7 Å². The van der Waals surface area contributed by atoms with E-state index in [0.717, 1.165) is 12.0 Å². The van der Waals surface area contributed by atoms with Gasteiger partial charge in [-0.05, 0) is 36.0 Å². The highest BCUT2D eigenvalue weighted by Gasteiger charge is 2.46. The van der Waals surface area contributed by atoms with Gasteiger partial charge < -0.3 is 9.80 Å². The molecular formula is C22H22F2N6O2. The summed E-state index contributed by atoms with van der Waals surface area (Å²) in [6, 6.07) is 5.17. The summed E-state index contributed by atoms with van der Waals surface area (Å²) in [5.41, 5.74) is 1.48. The van der Waals surface area contributed by atoms with Crippen molar-refractivity contribution in [3.05, 3.63) is 52.2 Å². The molecule has 0 unspecified atom stereocenters. The smallest absolute Gasteiger partial charge is 0.338 e. The van der Waals surface area contributed by atoms with Crippen LogP contribution in [0, 0.1) is 5.92 Å². The quantitative estimate of drug-likeness (QED) is 0.609. The predicted octanol–water partition coefficient (Wildman–Crippen LogP) is 2.55. The molecule has 1 aliphatic carbocycles. The highest BCUT2D eigenvalue weighted by molar-refractivity contribution is 5.94. The van der Waals surface area contributed by atoms with Gasteiger partial charge in [0, 0.05) is 67.7 Å². The molecule has 0 radical (unpaired) electrons. The number of anilines is 2. The van der Waals surface area contributed by atoms with Crippen molar-refractivity contribution in [2.75, 3.05) is 24.5 Å². The molecule has 5 heterocycles. The predicted molar refractivity (Wildman–Crippen MR) is 113 cm³/mol. The average Bonchev–Trinajstić information content (AvgIpc) is 3.52. The van der Waals surface area contributed by atoms with Gasteiger partial charge in [0.15, 0.2) is 5.65 Å². The van der Waals surface area contributed by atoms with Crippen molar-refractivity contribution in [1.82, 2.24) is 24.1 Å². The van der Waals surface area contributed by atoms with E-state index >= 15 is 0 Å². The van der Waals surface area contributed by atoms with Gasteiger partial charge in [-0.1, -0.05) is 0 Å². The Hall–Kier alpha value is -3.30. The Labute approximate surface area is 186 Å². The number of alkyl halides is 2. The zero-order valence-electron chi connectivity index (χ0n) is 20.0. The lowest BCUT2D eigenvalue weighted by atomic mass is 10.0. The molecule has 8 nitrogen and oxygen atoms in total. The SMILES string of the molecule is [2H]C([2H])([2H])n1nc2cc(N3C[C@@H]4C[C@@H]4c4cc(C(=O)N5CCC(F)(F)CC5)cnc43)ccn2c1=O. The maximum atomic E-state index is 13.5. The summed E-state index contributed by atoms with van der Waals surface area (Å²) >= 11 is 0. The highest BCUT2D eigenvalue weighted by atomic mass is 19.3. The fourth-order valence-corrected chi connectivity index (χ4v) is 4.82. The summed E-state index contributed by atoms with van der Waals surface area (Å²) in [5.74, 6) is -1.67. The molecule has 1 amide bonds. The third-order valence-electron chi connectivity index (χ3n) is 6.74. The fraction of sp³-hybridized carbons (Fsp3) is 0.455. The molecule has 166 valence electrons. The average molecular weight is 443 g/mol. The van der Waals surface area contributed by atoms with Crippen LogP contribution in [0.5, 0.6) is 0 Å². The van der Waals surface area contributed by atoms with Gasteiger partial charge in [0.05, 0.1) is 5.56 Å². The van der Waals surface area contributed by atoms with Gasteiger partial charge in [-0.2, -0.15) is 5.10 Å². The Balaban J connectivity index is 1.33. The Morgan fingerprint density at radius 3 is 2.88 bits per heavy atom. The van der Waals surface area contributed by atoms with E-state index in [-0.39, 0.29) is 43.4 Å². The normalized spacial score (nSPS) is 25.5. The first-order valence-electron chi connectivity index (χ1n) is 12.1. The second-order valence-corrected chi connectivity index (χ2v) is 8.81. The highest BCUT2D eigenvalue weighted by Crippen LogP contribution is 2.55. The van der Waals surface area contributed by atoms with Crippen LogP contribution in [0.3, 0.4) is 0 Å². The molecule has 3 aromatic heterocycles. The lowest BCUT2D eigenvalue weighted by Gasteiger charge is -2.33. The number of rotatable bonds is 2. The Kier molecular flexibility index (Phi) is 3.37. The van der Waals surface area contributed by atoms with Crippen molar-refractivity contribution >= 4 is 23.1 Å². The maximum Gasteiger partial charge on any atom is 0.350 e. The molecule has 32 heavy (non-hydrogen) atoms. The van der Waals surface area contributed by atoms with E-state index in [0.29, 0.717) is 34.2 Å². The van der Waals surface area contributed by atoms with Crippen molar-refractivity contribution in [3.8, 4) is 0 Å². The van der Waals surface area contributed by atoms with Crippen LogP contribution < -0.4 is 10.6 Å². The van der Waals surface area contributed by atoms with E-state index < -0.39 is 18.6 Å². The van der Waals surface area contributed by atoms with Crippen molar-refractivity contribution in [2.45, 2.75) is 31.1 Å². The summed E-state index contributed by atoms with van der Waals surface area (Å²) in [5, 5.41) is 3.98. The molecule has 2 fully saturated rings. The van der Waals surface area contributed by atoms with Crippen LogP contribution in [-0.2, 0) is 6.98 Å². The maximum absolute atomic E-state index is 13.5. The molecule has 3 aromatic rings. The van der Waals surface area contributed by atoms with E-state index in [1.807, 2.05) is 11.0 Å². The van der Waals surface area contributed by atoms with E-state index in [4.69, 9.17) is 4.11 Å². The third kappa shape index (κ3) is 3.00. The van der Waals surface area contributed by atoms with Gasteiger partial charge in [0.2, 0.25) is 0 Å². The number of fused-ring (bicyclic) bond motifs is 4. The minimum absolute atomic E-state index is 0.0172. The lowest BCUT2D eigenvalue weighted by Crippen LogP contribution is -2.42. The van der Waals surface area contributed by atoms with Crippen molar-refractivity contribution in [1.29, 1.82) is 0 Å². The summed E-state index contributed by atoms with van der Waals surface area (Å²) in [6.07, 6.45) is 3.26. The van der Waals surface area contributed by atoms with Crippen LogP contribution in [0.4, 0.5) is 20.3 Å². The molecule has 0 aromatic carbocycles. The summed E-state index contributed by atoms with van der Waals surface area (Å²) in [6.45, 7) is -1.96. The summed E-state index contributed by atoms with van der Waals surface area (Å²) < 4.78 is 51.2. The Bertz CT molecular complexity index is 1410. The number of amides is 1. The van der Waals surface area contributed by atoms with Crippen LogP contribution in [0.25, 0.3) is 5.65 Å². The molecule has 10 heteroatoms. The number of hydrogen-bond acceptors (Lipinski definition) is 5. The molecule has 1 saturated carbocycles. The minimum atomic E-state index is -2.72. The largest absolute Gasteiger partial charge is 0.350 e. The standard InChI is InChI=1S/C22H22F2N6O2/c1-27-21(32)29-5-2-15(10-18(29)26-27)30-12-14-9-16(14)17-8-13(11-25-19(17)30)20(31)28-6-3-22(23,24)4-7-28/h2,5,8,10-11,14,16H,3-4,6-7,9,12H2,1H3/t14-,16-/m0/s1/i1D3. The van der Waals surface area contributed by atoms with Gasteiger partial charge >= 0.3 is 5.69 Å². The molecule has 0 N–H and O–H groups in total. The van der Waals surface area contributed by atoms with Crippen LogP contribution in [-0.4, -0.2) is 55.5 Å². The number of nitrogens with zero attached hydrogens (tertiary/aromatic N) is 6. The second kappa shape index (κ2) is 6.60. The first kappa shape index (κ1) is 16.3. The molecule has 2 aliphatic heterocycles. The second-order valence-electron chi connectivity index (χ2n) is 8.81. The van der Waals surface area contributed by atoms with Gasteiger partial charge in [0.25, 0.3) is 11.8 Å². The minimum Gasteiger partial charge on any atom is -0.338 e. The Morgan fingerprint density at radius 1 is 1.28 bits per heavy atom. The number of pyridine rings is 2. The number of aryl methyl sites for hydroxylation is 1.